The Morgan fingerprint density at radius 3 is 2.38 bits per heavy atom. The lowest BCUT2D eigenvalue weighted by atomic mass is 10.1. The number of fused-ring (bicyclic) bond motifs is 3. The van der Waals surface area contributed by atoms with Crippen LogP contribution in [0.25, 0.3) is 50.1 Å². The van der Waals surface area contributed by atoms with Gasteiger partial charge >= 0.3 is 0 Å². The Morgan fingerprint density at radius 2 is 1.44 bits per heavy atom. The summed E-state index contributed by atoms with van der Waals surface area (Å²) in [7, 11) is 0. The summed E-state index contributed by atoms with van der Waals surface area (Å²) in [5.41, 5.74) is 6.39. The number of aromatic hydroxyl groups is 1. The fourth-order valence-corrected chi connectivity index (χ4v) is 4.30. The fourth-order valence-electron chi connectivity index (χ4n) is 4.30. The molecule has 0 spiro atoms. The number of aromatic nitrogens is 3. The smallest absolute Gasteiger partial charge is 0.145 e. The van der Waals surface area contributed by atoms with Crippen LogP contribution in [0.4, 0.5) is 0 Å². The Hall–Kier alpha value is -4.44. The van der Waals surface area contributed by atoms with Crippen molar-refractivity contribution >= 4 is 21.9 Å². The first kappa shape index (κ1) is 18.3. The van der Waals surface area contributed by atoms with E-state index in [9.17, 15) is 5.11 Å². The Kier molecular flexibility index (Phi) is 4.22. The predicted molar refractivity (Wildman–Crippen MR) is 129 cm³/mol. The van der Waals surface area contributed by atoms with E-state index in [1.54, 1.807) is 6.07 Å². The third-order valence-corrected chi connectivity index (χ3v) is 5.76. The van der Waals surface area contributed by atoms with Gasteiger partial charge in [0.25, 0.3) is 0 Å². The average molecular weight is 413 g/mol. The zero-order valence-corrected chi connectivity index (χ0v) is 17.2. The van der Waals surface area contributed by atoms with Crippen molar-refractivity contribution in [2.45, 2.75) is 0 Å². The van der Waals surface area contributed by atoms with E-state index in [0.717, 1.165) is 44.8 Å². The normalized spacial score (nSPS) is 11.2. The first-order valence-electron chi connectivity index (χ1n) is 10.5. The van der Waals surface area contributed by atoms with Crippen molar-refractivity contribution in [2.75, 3.05) is 0 Å². The highest BCUT2D eigenvalue weighted by molar-refractivity contribution is 6.07. The van der Waals surface area contributed by atoms with Crippen molar-refractivity contribution in [1.82, 2.24) is 14.5 Å². The van der Waals surface area contributed by atoms with E-state index in [1.165, 1.54) is 5.39 Å². The number of para-hydroxylation sites is 2. The van der Waals surface area contributed by atoms with Crippen LogP contribution in [0.1, 0.15) is 0 Å². The molecule has 0 fully saturated rings. The summed E-state index contributed by atoms with van der Waals surface area (Å²) in [6.07, 6.45) is 1.83. The number of phenols is 1. The van der Waals surface area contributed by atoms with Crippen molar-refractivity contribution in [3.63, 3.8) is 0 Å². The minimum atomic E-state index is 0.224. The molecule has 0 amide bonds. The molecule has 0 atom stereocenters. The van der Waals surface area contributed by atoms with Crippen LogP contribution < -0.4 is 0 Å². The number of nitrogens with zero attached hydrogens (tertiary/aromatic N) is 3. The van der Waals surface area contributed by atoms with Crippen molar-refractivity contribution in [2.24, 2.45) is 0 Å². The molecule has 0 bridgehead atoms. The van der Waals surface area contributed by atoms with E-state index in [-0.39, 0.29) is 5.75 Å². The van der Waals surface area contributed by atoms with Gasteiger partial charge in [-0.05, 0) is 54.6 Å². The highest BCUT2D eigenvalue weighted by atomic mass is 16.3. The lowest BCUT2D eigenvalue weighted by molar-refractivity contribution is 0.477. The van der Waals surface area contributed by atoms with Gasteiger partial charge in [0.2, 0.25) is 0 Å². The molecule has 6 rings (SSSR count). The van der Waals surface area contributed by atoms with Gasteiger partial charge in [0.1, 0.15) is 11.4 Å². The Labute approximate surface area is 185 Å². The van der Waals surface area contributed by atoms with E-state index in [1.807, 2.05) is 54.7 Å². The first-order chi connectivity index (χ1) is 15.8. The molecule has 4 heteroatoms. The fraction of sp³-hybridized carbons (Fsp3) is 0. The van der Waals surface area contributed by atoms with Gasteiger partial charge in [0.15, 0.2) is 0 Å². The molecule has 6 aromatic rings. The molecule has 3 aromatic heterocycles. The van der Waals surface area contributed by atoms with Crippen LogP contribution in [0.2, 0.25) is 0 Å². The van der Waals surface area contributed by atoms with Crippen molar-refractivity contribution in [3.8, 4) is 34.0 Å². The Balaban J connectivity index is 1.52. The van der Waals surface area contributed by atoms with Crippen LogP contribution in [0, 0.1) is 0 Å². The van der Waals surface area contributed by atoms with Gasteiger partial charge in [-0.15, -0.1) is 0 Å². The molecular weight excluding hydrogens is 394 g/mol. The average Bonchev–Trinajstić information content (AvgIpc) is 3.19. The zero-order valence-electron chi connectivity index (χ0n) is 17.2. The predicted octanol–water partition coefficient (Wildman–Crippen LogP) is 6.61. The van der Waals surface area contributed by atoms with Gasteiger partial charge in [0.05, 0.1) is 16.9 Å². The SMILES string of the molecule is Oc1ccccc1-c1cccc(-c2cccc(-n3c4ccccc4c4cccnc43)c2)n1. The number of rotatable bonds is 3. The molecule has 0 aliphatic rings. The summed E-state index contributed by atoms with van der Waals surface area (Å²) >= 11 is 0. The number of hydrogen-bond acceptors (Lipinski definition) is 3. The molecule has 0 aliphatic carbocycles. The van der Waals surface area contributed by atoms with Gasteiger partial charge in [-0.25, -0.2) is 9.97 Å². The van der Waals surface area contributed by atoms with Crippen LogP contribution in [0.15, 0.2) is 109 Å². The number of pyridine rings is 2. The molecule has 0 saturated carbocycles. The maximum Gasteiger partial charge on any atom is 0.145 e. The molecular formula is C28H19N3O. The molecule has 3 heterocycles. The molecule has 152 valence electrons. The quantitative estimate of drug-likeness (QED) is 0.355. The number of hydrogen-bond donors (Lipinski definition) is 1. The second-order valence-corrected chi connectivity index (χ2v) is 7.70. The summed E-state index contributed by atoms with van der Waals surface area (Å²) in [5, 5.41) is 12.6. The number of benzene rings is 3. The van der Waals surface area contributed by atoms with Crippen LogP contribution in [0.5, 0.6) is 5.75 Å². The van der Waals surface area contributed by atoms with Crippen molar-refractivity contribution in [3.05, 3.63) is 109 Å². The molecule has 32 heavy (non-hydrogen) atoms. The lowest BCUT2D eigenvalue weighted by Crippen LogP contribution is -1.96. The molecule has 3 aromatic carbocycles. The summed E-state index contributed by atoms with van der Waals surface area (Å²) in [6.45, 7) is 0. The Morgan fingerprint density at radius 1 is 0.656 bits per heavy atom. The molecule has 0 radical (unpaired) electrons. The summed E-state index contributed by atoms with van der Waals surface area (Å²) in [4.78, 5) is 9.52. The van der Waals surface area contributed by atoms with Gasteiger partial charge < -0.3 is 5.11 Å². The second kappa shape index (κ2) is 7.36. The van der Waals surface area contributed by atoms with Gasteiger partial charge in [-0.1, -0.05) is 48.5 Å². The third kappa shape index (κ3) is 2.93. The number of phenolic OH excluding ortho intramolecular Hbond substituents is 1. The maximum absolute atomic E-state index is 10.2. The lowest BCUT2D eigenvalue weighted by Gasteiger charge is -2.10. The monoisotopic (exact) mass is 413 g/mol. The van der Waals surface area contributed by atoms with E-state index in [4.69, 9.17) is 4.98 Å². The van der Waals surface area contributed by atoms with E-state index in [2.05, 4.69) is 58.1 Å². The second-order valence-electron chi connectivity index (χ2n) is 7.70. The summed E-state index contributed by atoms with van der Waals surface area (Å²) in [5.74, 6) is 0.224. The van der Waals surface area contributed by atoms with E-state index in [0.29, 0.717) is 0 Å². The Bertz CT molecular complexity index is 1550. The van der Waals surface area contributed by atoms with Gasteiger partial charge in [-0.3, -0.25) is 4.57 Å². The zero-order chi connectivity index (χ0) is 21.5. The molecule has 0 saturated heterocycles. The topological polar surface area (TPSA) is 50.9 Å². The van der Waals surface area contributed by atoms with Crippen LogP contribution in [-0.2, 0) is 0 Å². The summed E-state index contributed by atoms with van der Waals surface area (Å²) < 4.78 is 2.20. The van der Waals surface area contributed by atoms with Gasteiger partial charge in [0, 0.05) is 33.8 Å². The van der Waals surface area contributed by atoms with E-state index >= 15 is 0 Å². The minimum absolute atomic E-state index is 0.224. The van der Waals surface area contributed by atoms with Crippen molar-refractivity contribution < 1.29 is 5.11 Å². The molecule has 0 unspecified atom stereocenters. The van der Waals surface area contributed by atoms with E-state index < -0.39 is 0 Å². The molecule has 0 aliphatic heterocycles. The standard InChI is InChI=1S/C28H19N3O/c32-27-16-4-2-11-23(27)25-14-6-13-24(30-25)19-8-5-9-20(18-19)31-26-15-3-1-10-21(26)22-12-7-17-29-28(22)31/h1-18,32H. The highest BCUT2D eigenvalue weighted by Crippen LogP contribution is 2.33. The summed E-state index contributed by atoms with van der Waals surface area (Å²) in [6, 6.07) is 33.9. The molecule has 1 N–H and O–H groups in total. The van der Waals surface area contributed by atoms with Crippen LogP contribution in [0.3, 0.4) is 0 Å². The largest absolute Gasteiger partial charge is 0.507 e. The molecule has 4 nitrogen and oxygen atoms in total. The van der Waals surface area contributed by atoms with Crippen molar-refractivity contribution in [1.29, 1.82) is 0 Å². The van der Waals surface area contributed by atoms with Crippen LogP contribution in [-0.4, -0.2) is 19.6 Å². The first-order valence-corrected chi connectivity index (χ1v) is 10.5. The maximum atomic E-state index is 10.2. The third-order valence-electron chi connectivity index (χ3n) is 5.76. The minimum Gasteiger partial charge on any atom is -0.507 e. The highest BCUT2D eigenvalue weighted by Gasteiger charge is 2.13. The van der Waals surface area contributed by atoms with Crippen LogP contribution >= 0.6 is 0 Å². The van der Waals surface area contributed by atoms with Gasteiger partial charge in [-0.2, -0.15) is 0 Å².